The van der Waals surface area contributed by atoms with E-state index in [-0.39, 0.29) is 16.3 Å². The van der Waals surface area contributed by atoms with E-state index in [2.05, 4.69) is 0 Å². The molecule has 5 nitrogen and oxygen atoms in total. The van der Waals surface area contributed by atoms with E-state index in [0.717, 1.165) is 4.90 Å². The van der Waals surface area contributed by atoms with Gasteiger partial charge in [-0.2, -0.15) is 0 Å². The molecule has 1 rings (SSSR count). The van der Waals surface area contributed by atoms with Gasteiger partial charge in [-0.1, -0.05) is 11.6 Å². The lowest BCUT2D eigenvalue weighted by Crippen LogP contribution is -2.50. The van der Waals surface area contributed by atoms with Crippen molar-refractivity contribution in [3.63, 3.8) is 0 Å². The van der Waals surface area contributed by atoms with Gasteiger partial charge in [0.1, 0.15) is 11.3 Å². The molecule has 98 valence electrons. The Kier molecular flexibility index (Phi) is 3.86. The third-order valence-electron chi connectivity index (χ3n) is 2.86. The van der Waals surface area contributed by atoms with Crippen molar-refractivity contribution in [1.82, 2.24) is 4.90 Å². The monoisotopic (exact) mass is 271 g/mol. The summed E-state index contributed by atoms with van der Waals surface area (Å²) < 4.78 is 0. The van der Waals surface area contributed by atoms with Crippen molar-refractivity contribution in [2.24, 2.45) is 0 Å². The molecule has 2 N–H and O–H groups in total. The van der Waals surface area contributed by atoms with E-state index in [0.29, 0.717) is 0 Å². The second-order valence-electron chi connectivity index (χ2n) is 4.39. The van der Waals surface area contributed by atoms with Crippen LogP contribution in [0.3, 0.4) is 0 Å². The van der Waals surface area contributed by atoms with Crippen LogP contribution in [0.2, 0.25) is 5.02 Å². The molecule has 0 radical (unpaired) electrons. The smallest absolute Gasteiger partial charge is 0.329 e. The average molecular weight is 272 g/mol. The molecule has 0 bridgehead atoms. The van der Waals surface area contributed by atoms with E-state index in [1.165, 1.54) is 39.1 Å². The summed E-state index contributed by atoms with van der Waals surface area (Å²) in [7, 11) is 1.40. The number of phenols is 1. The number of phenolic OH excluding ortho intramolecular Hbond substituents is 1. The molecule has 0 aliphatic carbocycles. The van der Waals surface area contributed by atoms with E-state index in [4.69, 9.17) is 16.7 Å². The van der Waals surface area contributed by atoms with Gasteiger partial charge in [0.2, 0.25) is 0 Å². The van der Waals surface area contributed by atoms with Crippen LogP contribution in [0.1, 0.15) is 24.2 Å². The Morgan fingerprint density at radius 1 is 1.33 bits per heavy atom. The highest BCUT2D eigenvalue weighted by atomic mass is 35.5. The summed E-state index contributed by atoms with van der Waals surface area (Å²) in [6, 6.07) is 3.98. The van der Waals surface area contributed by atoms with Gasteiger partial charge in [-0.3, -0.25) is 4.79 Å². The van der Waals surface area contributed by atoms with Crippen molar-refractivity contribution >= 4 is 23.5 Å². The first-order valence-electron chi connectivity index (χ1n) is 5.18. The Morgan fingerprint density at radius 3 is 2.33 bits per heavy atom. The SMILES string of the molecule is CN(C(=O)c1ccc(O)c(Cl)c1)C(C)(C)C(=O)O. The fourth-order valence-corrected chi connectivity index (χ4v) is 1.41. The molecule has 1 aromatic carbocycles. The van der Waals surface area contributed by atoms with Crippen LogP contribution in [-0.4, -0.2) is 39.6 Å². The Labute approximate surface area is 110 Å². The Hall–Kier alpha value is -1.75. The zero-order valence-electron chi connectivity index (χ0n) is 10.3. The minimum atomic E-state index is -1.33. The second kappa shape index (κ2) is 4.86. The van der Waals surface area contributed by atoms with Gasteiger partial charge < -0.3 is 15.1 Å². The highest BCUT2D eigenvalue weighted by Crippen LogP contribution is 2.25. The van der Waals surface area contributed by atoms with Crippen molar-refractivity contribution < 1.29 is 19.8 Å². The summed E-state index contributed by atoms with van der Waals surface area (Å²) in [5.74, 6) is -1.72. The molecule has 0 aliphatic heterocycles. The minimum Gasteiger partial charge on any atom is -0.506 e. The molecule has 0 spiro atoms. The van der Waals surface area contributed by atoms with Crippen molar-refractivity contribution in [2.45, 2.75) is 19.4 Å². The molecular weight excluding hydrogens is 258 g/mol. The maximum atomic E-state index is 12.1. The number of carboxylic acids is 1. The molecule has 1 amide bonds. The molecular formula is C12H14ClNO4. The number of benzene rings is 1. The lowest BCUT2D eigenvalue weighted by Gasteiger charge is -2.31. The standard InChI is InChI=1S/C12H14ClNO4/c1-12(2,11(17)18)14(3)10(16)7-4-5-9(15)8(13)6-7/h4-6,15H,1-3H3,(H,17,18). The number of hydrogen-bond acceptors (Lipinski definition) is 3. The Balaban J connectivity index is 3.07. The zero-order valence-corrected chi connectivity index (χ0v) is 11.0. The minimum absolute atomic E-state index is 0.0439. The molecule has 6 heteroatoms. The average Bonchev–Trinajstić information content (AvgIpc) is 2.30. The fourth-order valence-electron chi connectivity index (χ4n) is 1.23. The fraction of sp³-hybridized carbons (Fsp3) is 0.333. The van der Waals surface area contributed by atoms with E-state index in [1.54, 1.807) is 0 Å². The lowest BCUT2D eigenvalue weighted by atomic mass is 10.0. The number of carboxylic acid groups (broad SMARTS) is 1. The first-order valence-corrected chi connectivity index (χ1v) is 5.55. The quantitative estimate of drug-likeness (QED) is 0.881. The summed E-state index contributed by atoms with van der Waals surface area (Å²) in [6.45, 7) is 2.85. The Morgan fingerprint density at radius 2 is 1.89 bits per heavy atom. The van der Waals surface area contributed by atoms with E-state index in [9.17, 15) is 14.7 Å². The maximum Gasteiger partial charge on any atom is 0.329 e. The van der Waals surface area contributed by atoms with E-state index >= 15 is 0 Å². The van der Waals surface area contributed by atoms with Crippen LogP contribution < -0.4 is 0 Å². The predicted molar refractivity (Wildman–Crippen MR) is 66.9 cm³/mol. The predicted octanol–water partition coefficient (Wildman–Crippen LogP) is 1.98. The number of carbonyl (C=O) groups is 2. The van der Waals surface area contributed by atoms with Gasteiger partial charge in [0.15, 0.2) is 0 Å². The summed E-state index contributed by atoms with van der Waals surface area (Å²) in [5, 5.41) is 18.4. The van der Waals surface area contributed by atoms with Crippen molar-refractivity contribution in [1.29, 1.82) is 0 Å². The highest BCUT2D eigenvalue weighted by Gasteiger charge is 2.35. The lowest BCUT2D eigenvalue weighted by molar-refractivity contribution is -0.147. The van der Waals surface area contributed by atoms with Crippen molar-refractivity contribution in [3.05, 3.63) is 28.8 Å². The zero-order chi connectivity index (χ0) is 14.1. The normalized spacial score (nSPS) is 11.1. The molecule has 0 aromatic heterocycles. The number of amides is 1. The molecule has 0 fully saturated rings. The number of aromatic hydroxyl groups is 1. The van der Waals surface area contributed by atoms with Crippen molar-refractivity contribution in [3.8, 4) is 5.75 Å². The molecule has 0 atom stereocenters. The topological polar surface area (TPSA) is 77.8 Å². The number of likely N-dealkylation sites (N-methyl/N-ethyl adjacent to an activating group) is 1. The molecule has 0 saturated heterocycles. The number of hydrogen-bond donors (Lipinski definition) is 2. The third-order valence-corrected chi connectivity index (χ3v) is 3.16. The molecule has 0 unspecified atom stereocenters. The van der Waals surface area contributed by atoms with Crippen LogP contribution in [0.15, 0.2) is 18.2 Å². The number of rotatable bonds is 3. The number of halogens is 1. The highest BCUT2D eigenvalue weighted by molar-refractivity contribution is 6.32. The van der Waals surface area contributed by atoms with Gasteiger partial charge in [-0.05, 0) is 32.0 Å². The van der Waals surface area contributed by atoms with Gasteiger partial charge in [0, 0.05) is 12.6 Å². The van der Waals surface area contributed by atoms with Crippen LogP contribution in [0.25, 0.3) is 0 Å². The Bertz CT molecular complexity index is 499. The number of nitrogens with zero attached hydrogens (tertiary/aromatic N) is 1. The summed E-state index contributed by atoms with van der Waals surface area (Å²) >= 11 is 5.70. The van der Waals surface area contributed by atoms with Gasteiger partial charge in [0.05, 0.1) is 5.02 Å². The van der Waals surface area contributed by atoms with E-state index < -0.39 is 17.4 Å². The third kappa shape index (κ3) is 2.56. The van der Waals surface area contributed by atoms with E-state index in [1.807, 2.05) is 0 Å². The van der Waals surface area contributed by atoms with Crippen LogP contribution in [0.4, 0.5) is 0 Å². The molecule has 0 saturated carbocycles. The molecule has 18 heavy (non-hydrogen) atoms. The van der Waals surface area contributed by atoms with Crippen LogP contribution in [0, 0.1) is 0 Å². The number of aliphatic carboxylic acids is 1. The van der Waals surface area contributed by atoms with Crippen molar-refractivity contribution in [2.75, 3.05) is 7.05 Å². The maximum absolute atomic E-state index is 12.1. The molecule has 0 heterocycles. The summed E-state index contributed by atoms with van der Waals surface area (Å²) in [5.41, 5.74) is -1.11. The van der Waals surface area contributed by atoms with Crippen LogP contribution >= 0.6 is 11.6 Å². The van der Waals surface area contributed by atoms with Gasteiger partial charge >= 0.3 is 5.97 Å². The largest absolute Gasteiger partial charge is 0.506 e. The number of carbonyl (C=O) groups excluding carboxylic acids is 1. The summed E-state index contributed by atoms with van der Waals surface area (Å²) in [4.78, 5) is 24.3. The summed E-state index contributed by atoms with van der Waals surface area (Å²) in [6.07, 6.45) is 0. The van der Waals surface area contributed by atoms with Gasteiger partial charge in [-0.25, -0.2) is 4.79 Å². The second-order valence-corrected chi connectivity index (χ2v) is 4.80. The molecule has 1 aromatic rings. The van der Waals surface area contributed by atoms with Gasteiger partial charge in [0.25, 0.3) is 5.91 Å². The first kappa shape index (κ1) is 14.3. The van der Waals surface area contributed by atoms with Gasteiger partial charge in [-0.15, -0.1) is 0 Å². The molecule has 0 aliphatic rings. The van der Waals surface area contributed by atoms with Crippen LogP contribution in [0.5, 0.6) is 5.75 Å². The first-order chi connectivity index (χ1) is 8.17. The van der Waals surface area contributed by atoms with Crippen LogP contribution in [-0.2, 0) is 4.79 Å².